The van der Waals surface area contributed by atoms with E-state index in [0.717, 1.165) is 5.56 Å². The molecule has 0 unspecified atom stereocenters. The normalized spacial score (nSPS) is 11.6. The van der Waals surface area contributed by atoms with E-state index in [9.17, 15) is 4.79 Å². The van der Waals surface area contributed by atoms with Crippen LogP contribution in [0.3, 0.4) is 0 Å². The van der Waals surface area contributed by atoms with Crippen molar-refractivity contribution in [3.63, 3.8) is 0 Å². The van der Waals surface area contributed by atoms with E-state index in [0.29, 0.717) is 22.5 Å². The van der Waals surface area contributed by atoms with Gasteiger partial charge in [0, 0.05) is 0 Å². The van der Waals surface area contributed by atoms with Gasteiger partial charge < -0.3 is 9.25 Å². The van der Waals surface area contributed by atoms with E-state index in [2.05, 4.69) is 23.8 Å². The second-order valence-corrected chi connectivity index (χ2v) is 4.35. The molecule has 18 heavy (non-hydrogen) atoms. The Morgan fingerprint density at radius 1 is 1.39 bits per heavy atom. The highest BCUT2D eigenvalue weighted by Crippen LogP contribution is 2.19. The first-order chi connectivity index (χ1) is 8.63. The Bertz CT molecular complexity index is 641. The largest absolute Gasteiger partial charge is 0.463 e. The molecular formula is C14H15NO3. The molecule has 0 saturated carbocycles. The van der Waals surface area contributed by atoms with E-state index in [1.165, 1.54) is 19.6 Å². The molecule has 0 radical (unpaired) electrons. The minimum Gasteiger partial charge on any atom is -0.463 e. The van der Waals surface area contributed by atoms with Gasteiger partial charge in [-0.15, -0.1) is 0 Å². The molecule has 1 aromatic heterocycles. The molecule has 2 rings (SSSR count). The van der Waals surface area contributed by atoms with Crippen molar-refractivity contribution in [3.8, 4) is 0 Å². The zero-order chi connectivity index (χ0) is 13.1. The first-order valence-electron chi connectivity index (χ1n) is 5.75. The van der Waals surface area contributed by atoms with Gasteiger partial charge in [-0.1, -0.05) is 25.1 Å². The van der Waals surface area contributed by atoms with Gasteiger partial charge in [0.2, 0.25) is 5.43 Å². The molecule has 0 amide bonds. The monoisotopic (exact) mass is 245 g/mol. The number of hydrogen-bond donors (Lipinski definition) is 0. The van der Waals surface area contributed by atoms with Crippen molar-refractivity contribution < 1.29 is 9.25 Å². The van der Waals surface area contributed by atoms with Crippen LogP contribution >= 0.6 is 0 Å². The Morgan fingerprint density at radius 3 is 2.83 bits per heavy atom. The van der Waals surface area contributed by atoms with Gasteiger partial charge in [0.05, 0.1) is 17.2 Å². The second-order valence-electron chi connectivity index (χ2n) is 4.35. The quantitative estimate of drug-likeness (QED) is 0.617. The highest BCUT2D eigenvalue weighted by Gasteiger charge is 2.08. The predicted molar refractivity (Wildman–Crippen MR) is 71.2 cm³/mol. The third kappa shape index (κ3) is 2.27. The van der Waals surface area contributed by atoms with Crippen molar-refractivity contribution >= 4 is 17.2 Å². The minimum absolute atomic E-state index is 0.0976. The molecule has 1 aromatic carbocycles. The lowest BCUT2D eigenvalue weighted by Crippen LogP contribution is -2.08. The van der Waals surface area contributed by atoms with Crippen LogP contribution in [-0.2, 0) is 4.84 Å². The number of oxime groups is 1. The molecule has 1 heterocycles. The van der Waals surface area contributed by atoms with Gasteiger partial charge in [-0.05, 0) is 23.6 Å². The summed E-state index contributed by atoms with van der Waals surface area (Å²) in [5, 5.41) is 4.15. The molecule has 94 valence electrons. The highest BCUT2D eigenvalue weighted by molar-refractivity contribution is 5.86. The summed E-state index contributed by atoms with van der Waals surface area (Å²) in [5.41, 5.74) is 1.97. The summed E-state index contributed by atoms with van der Waals surface area (Å²) < 4.78 is 5.41. The van der Waals surface area contributed by atoms with Gasteiger partial charge in [0.15, 0.2) is 0 Å². The Labute approximate surface area is 105 Å². The Balaban J connectivity index is 2.64. The Morgan fingerprint density at radius 2 is 2.17 bits per heavy atom. The zero-order valence-corrected chi connectivity index (χ0v) is 10.6. The van der Waals surface area contributed by atoms with Crippen LogP contribution in [0.5, 0.6) is 0 Å². The van der Waals surface area contributed by atoms with E-state index < -0.39 is 0 Å². The molecule has 4 heteroatoms. The zero-order valence-electron chi connectivity index (χ0n) is 10.6. The van der Waals surface area contributed by atoms with Gasteiger partial charge >= 0.3 is 0 Å². The van der Waals surface area contributed by atoms with E-state index in [4.69, 9.17) is 4.42 Å². The van der Waals surface area contributed by atoms with Crippen molar-refractivity contribution in [1.82, 2.24) is 0 Å². The van der Waals surface area contributed by atoms with Crippen LogP contribution in [0, 0.1) is 0 Å². The number of hydrogen-bond acceptors (Lipinski definition) is 4. The Hall–Kier alpha value is -2.10. The van der Waals surface area contributed by atoms with Gasteiger partial charge in [-0.3, -0.25) is 4.79 Å². The fourth-order valence-electron chi connectivity index (χ4n) is 1.72. The van der Waals surface area contributed by atoms with Crippen LogP contribution in [0.1, 0.15) is 30.9 Å². The topological polar surface area (TPSA) is 51.8 Å². The minimum atomic E-state index is -0.0976. The lowest BCUT2D eigenvalue weighted by atomic mass is 10.0. The van der Waals surface area contributed by atoms with Crippen LogP contribution in [0.4, 0.5) is 0 Å². The second kappa shape index (κ2) is 5.04. The predicted octanol–water partition coefficient (Wildman–Crippen LogP) is 2.90. The maximum atomic E-state index is 12.2. The third-order valence-electron chi connectivity index (χ3n) is 2.79. The van der Waals surface area contributed by atoms with E-state index in [-0.39, 0.29) is 5.43 Å². The lowest BCUT2D eigenvalue weighted by molar-refractivity contribution is 0.215. The van der Waals surface area contributed by atoms with Crippen LogP contribution in [0.15, 0.2) is 38.8 Å². The van der Waals surface area contributed by atoms with E-state index in [1.54, 1.807) is 0 Å². The first-order valence-corrected chi connectivity index (χ1v) is 5.75. The summed E-state index contributed by atoms with van der Waals surface area (Å²) in [6.45, 7) is 4.16. The fourth-order valence-corrected chi connectivity index (χ4v) is 1.72. The summed E-state index contributed by atoms with van der Waals surface area (Å²) in [7, 11) is 1.43. The number of rotatable bonds is 3. The molecule has 0 N–H and O–H groups in total. The molecule has 0 aliphatic carbocycles. The van der Waals surface area contributed by atoms with Crippen molar-refractivity contribution in [2.24, 2.45) is 5.16 Å². The summed E-state index contributed by atoms with van der Waals surface area (Å²) in [5.74, 6) is 0.366. The number of nitrogens with zero attached hydrogens (tertiary/aromatic N) is 1. The molecular weight excluding hydrogens is 230 g/mol. The van der Waals surface area contributed by atoms with Crippen LogP contribution in [0.2, 0.25) is 0 Å². The van der Waals surface area contributed by atoms with Crippen LogP contribution in [0.25, 0.3) is 11.0 Å². The SMILES string of the molecule is CO/N=C/c1coc2ccc(C(C)C)cc2c1=O. The van der Waals surface area contributed by atoms with Crippen molar-refractivity contribution in [2.45, 2.75) is 19.8 Å². The third-order valence-corrected chi connectivity index (χ3v) is 2.79. The summed E-state index contributed by atoms with van der Waals surface area (Å²) >= 11 is 0. The molecule has 0 spiro atoms. The molecule has 0 fully saturated rings. The maximum Gasteiger partial charge on any atom is 0.201 e. The standard InChI is InChI=1S/C14H15NO3/c1-9(2)10-4-5-13-12(6-10)14(16)11(8-18-13)7-15-17-3/h4-9H,1-3H3/b15-7+. The number of benzene rings is 1. The summed E-state index contributed by atoms with van der Waals surface area (Å²) in [6, 6.07) is 5.66. The molecule has 0 aliphatic heterocycles. The van der Waals surface area contributed by atoms with Gasteiger partial charge in [-0.2, -0.15) is 0 Å². The molecule has 2 aromatic rings. The van der Waals surface area contributed by atoms with Crippen molar-refractivity contribution in [3.05, 3.63) is 45.8 Å². The smallest absolute Gasteiger partial charge is 0.201 e. The molecule has 0 atom stereocenters. The van der Waals surface area contributed by atoms with Crippen molar-refractivity contribution in [1.29, 1.82) is 0 Å². The fraction of sp³-hybridized carbons (Fsp3) is 0.286. The maximum absolute atomic E-state index is 12.2. The Kier molecular flexibility index (Phi) is 3.46. The highest BCUT2D eigenvalue weighted by atomic mass is 16.6. The number of fused-ring (bicyclic) bond motifs is 1. The van der Waals surface area contributed by atoms with Crippen LogP contribution in [-0.4, -0.2) is 13.3 Å². The average Bonchev–Trinajstić information content (AvgIpc) is 2.37. The lowest BCUT2D eigenvalue weighted by Gasteiger charge is -2.06. The van der Waals surface area contributed by atoms with Gasteiger partial charge in [0.1, 0.15) is 19.0 Å². The first kappa shape index (κ1) is 12.4. The molecule has 0 bridgehead atoms. The van der Waals surface area contributed by atoms with Gasteiger partial charge in [-0.25, -0.2) is 0 Å². The molecule has 0 saturated heterocycles. The average molecular weight is 245 g/mol. The molecule has 0 aliphatic rings. The molecule has 4 nitrogen and oxygen atoms in total. The summed E-state index contributed by atoms with van der Waals surface area (Å²) in [4.78, 5) is 16.8. The van der Waals surface area contributed by atoms with Crippen molar-refractivity contribution in [2.75, 3.05) is 7.11 Å². The van der Waals surface area contributed by atoms with Gasteiger partial charge in [0.25, 0.3) is 0 Å². The van der Waals surface area contributed by atoms with E-state index in [1.807, 2.05) is 18.2 Å². The summed E-state index contributed by atoms with van der Waals surface area (Å²) in [6.07, 6.45) is 2.75. The van der Waals surface area contributed by atoms with Crippen LogP contribution < -0.4 is 5.43 Å². The van der Waals surface area contributed by atoms with E-state index >= 15 is 0 Å².